The Balaban J connectivity index is 1.77. The minimum Gasteiger partial charge on any atom is -0.362 e. The Morgan fingerprint density at radius 2 is 2.07 bits per heavy atom. The number of nitrogens with one attached hydrogen (secondary N) is 1. The maximum absolute atomic E-state index is 4.69. The summed E-state index contributed by atoms with van der Waals surface area (Å²) in [5, 5.41) is 4.83. The number of amidine groups is 1. The van der Waals surface area contributed by atoms with Gasteiger partial charge in [-0.25, -0.2) is 0 Å². The van der Waals surface area contributed by atoms with Crippen LogP contribution in [0.25, 0.3) is 0 Å². The van der Waals surface area contributed by atoms with E-state index in [2.05, 4.69) is 24.2 Å². The molecule has 1 fully saturated rings. The summed E-state index contributed by atoms with van der Waals surface area (Å²) >= 11 is 1.91. The van der Waals surface area contributed by atoms with Gasteiger partial charge in [0, 0.05) is 11.8 Å². The van der Waals surface area contributed by atoms with E-state index >= 15 is 0 Å². The summed E-state index contributed by atoms with van der Waals surface area (Å²) in [5.41, 5.74) is 0. The Kier molecular flexibility index (Phi) is 3.95. The highest BCUT2D eigenvalue weighted by molar-refractivity contribution is 8.14. The summed E-state index contributed by atoms with van der Waals surface area (Å²) in [6.45, 7) is 4.59. The second-order valence-corrected chi connectivity index (χ2v) is 5.92. The molecule has 1 unspecified atom stereocenters. The Hall–Kier alpha value is -0.180. The third-order valence-corrected chi connectivity index (χ3v) is 4.58. The predicted molar refractivity (Wildman–Crippen MR) is 68.5 cm³/mol. The van der Waals surface area contributed by atoms with Crippen LogP contribution in [-0.4, -0.2) is 23.0 Å². The van der Waals surface area contributed by atoms with Gasteiger partial charge in [-0.1, -0.05) is 25.6 Å². The van der Waals surface area contributed by atoms with Crippen LogP contribution in [0.5, 0.6) is 0 Å². The van der Waals surface area contributed by atoms with Crippen LogP contribution in [0, 0.1) is 5.92 Å². The standard InChI is InChI=1S/C12H22N2S/c1-3-10-8-15-12(13-10)14-11-6-4-9(2)5-7-11/h9-11H,3-8H2,1-2H3,(H,13,14). The Bertz CT molecular complexity index is 232. The molecule has 1 N–H and O–H groups in total. The lowest BCUT2D eigenvalue weighted by molar-refractivity contribution is 0.332. The molecular weight excluding hydrogens is 204 g/mol. The smallest absolute Gasteiger partial charge is 0.157 e. The van der Waals surface area contributed by atoms with E-state index in [4.69, 9.17) is 0 Å². The highest BCUT2D eigenvalue weighted by Gasteiger charge is 2.22. The predicted octanol–water partition coefficient (Wildman–Crippen LogP) is 3.04. The molecule has 1 aliphatic carbocycles. The maximum atomic E-state index is 4.69. The fourth-order valence-corrected chi connectivity index (χ4v) is 3.42. The van der Waals surface area contributed by atoms with Crippen LogP contribution in [0.15, 0.2) is 4.99 Å². The molecule has 1 saturated carbocycles. The van der Waals surface area contributed by atoms with Crippen molar-refractivity contribution in [3.05, 3.63) is 0 Å². The van der Waals surface area contributed by atoms with Gasteiger partial charge in [0.15, 0.2) is 5.17 Å². The Morgan fingerprint density at radius 3 is 2.67 bits per heavy atom. The van der Waals surface area contributed by atoms with Gasteiger partial charge in [0.1, 0.15) is 0 Å². The Labute approximate surface area is 97.3 Å². The van der Waals surface area contributed by atoms with E-state index in [1.165, 1.54) is 43.0 Å². The van der Waals surface area contributed by atoms with E-state index < -0.39 is 0 Å². The van der Waals surface area contributed by atoms with Gasteiger partial charge in [0.05, 0.1) is 6.04 Å². The van der Waals surface area contributed by atoms with E-state index in [1.54, 1.807) is 0 Å². The molecule has 3 heteroatoms. The number of rotatable bonds is 2. The molecule has 2 rings (SSSR count). The number of hydrogen-bond acceptors (Lipinski definition) is 3. The second kappa shape index (κ2) is 5.24. The lowest BCUT2D eigenvalue weighted by Gasteiger charge is -2.27. The molecule has 0 spiro atoms. The Morgan fingerprint density at radius 1 is 1.33 bits per heavy atom. The van der Waals surface area contributed by atoms with E-state index in [0.717, 1.165) is 5.92 Å². The van der Waals surface area contributed by atoms with E-state index in [9.17, 15) is 0 Å². The molecule has 0 radical (unpaired) electrons. The van der Waals surface area contributed by atoms with Crippen molar-refractivity contribution in [1.82, 2.24) is 5.32 Å². The highest BCUT2D eigenvalue weighted by atomic mass is 32.2. The highest BCUT2D eigenvalue weighted by Crippen LogP contribution is 2.25. The monoisotopic (exact) mass is 226 g/mol. The SMILES string of the molecule is CCC1CSC(NC2CCC(C)CC2)=N1. The largest absolute Gasteiger partial charge is 0.362 e. The third-order valence-electron chi connectivity index (χ3n) is 3.53. The average Bonchev–Trinajstić information content (AvgIpc) is 2.69. The molecule has 0 amide bonds. The third kappa shape index (κ3) is 3.13. The molecule has 15 heavy (non-hydrogen) atoms. The van der Waals surface area contributed by atoms with Gasteiger partial charge in [-0.3, -0.25) is 4.99 Å². The molecule has 1 atom stereocenters. The van der Waals surface area contributed by atoms with Gasteiger partial charge in [-0.15, -0.1) is 0 Å². The molecule has 1 aliphatic heterocycles. The van der Waals surface area contributed by atoms with Crippen LogP contribution in [0.1, 0.15) is 46.0 Å². The van der Waals surface area contributed by atoms with Crippen molar-refractivity contribution in [2.75, 3.05) is 5.75 Å². The fourth-order valence-electron chi connectivity index (χ4n) is 2.28. The zero-order chi connectivity index (χ0) is 10.7. The normalized spacial score (nSPS) is 36.4. The summed E-state index contributed by atoms with van der Waals surface area (Å²) in [4.78, 5) is 4.69. The number of thioether (sulfide) groups is 1. The second-order valence-electron chi connectivity index (χ2n) is 4.91. The minimum atomic E-state index is 0.569. The van der Waals surface area contributed by atoms with Gasteiger partial charge in [0.25, 0.3) is 0 Å². The van der Waals surface area contributed by atoms with Crippen molar-refractivity contribution in [3.8, 4) is 0 Å². The lowest BCUT2D eigenvalue weighted by atomic mass is 9.87. The van der Waals surface area contributed by atoms with Crippen LogP contribution < -0.4 is 5.32 Å². The first-order valence-corrected chi connectivity index (χ1v) is 7.23. The first kappa shape index (κ1) is 11.3. The average molecular weight is 226 g/mol. The topological polar surface area (TPSA) is 24.4 Å². The van der Waals surface area contributed by atoms with Crippen LogP contribution in [-0.2, 0) is 0 Å². The fraction of sp³-hybridized carbons (Fsp3) is 0.917. The van der Waals surface area contributed by atoms with Gasteiger partial charge >= 0.3 is 0 Å². The van der Waals surface area contributed by atoms with Crippen molar-refractivity contribution in [2.24, 2.45) is 10.9 Å². The van der Waals surface area contributed by atoms with Gasteiger partial charge in [-0.05, 0) is 38.0 Å². The van der Waals surface area contributed by atoms with Crippen molar-refractivity contribution in [1.29, 1.82) is 0 Å². The van der Waals surface area contributed by atoms with Crippen molar-refractivity contribution < 1.29 is 0 Å². The van der Waals surface area contributed by atoms with Gasteiger partial charge < -0.3 is 5.32 Å². The summed E-state index contributed by atoms with van der Waals surface area (Å²) in [7, 11) is 0. The number of aliphatic imine (C=N–C) groups is 1. The van der Waals surface area contributed by atoms with Crippen LogP contribution in [0.2, 0.25) is 0 Å². The molecule has 0 saturated heterocycles. The number of hydrogen-bond donors (Lipinski definition) is 1. The van der Waals surface area contributed by atoms with Gasteiger partial charge in [-0.2, -0.15) is 0 Å². The molecule has 86 valence electrons. The molecule has 1 heterocycles. The van der Waals surface area contributed by atoms with E-state index in [1.807, 2.05) is 11.8 Å². The van der Waals surface area contributed by atoms with E-state index in [0.29, 0.717) is 12.1 Å². The zero-order valence-corrected chi connectivity index (χ0v) is 10.6. The first-order chi connectivity index (χ1) is 7.28. The molecule has 0 bridgehead atoms. The molecule has 2 aliphatic rings. The summed E-state index contributed by atoms with van der Waals surface area (Å²) < 4.78 is 0. The minimum absolute atomic E-state index is 0.569. The van der Waals surface area contributed by atoms with Crippen molar-refractivity contribution in [3.63, 3.8) is 0 Å². The maximum Gasteiger partial charge on any atom is 0.157 e. The van der Waals surface area contributed by atoms with Crippen LogP contribution >= 0.6 is 11.8 Å². The lowest BCUT2D eigenvalue weighted by Crippen LogP contribution is -2.35. The molecule has 0 aromatic rings. The molecule has 0 aromatic carbocycles. The molecular formula is C12H22N2S. The molecule has 2 nitrogen and oxygen atoms in total. The van der Waals surface area contributed by atoms with Crippen LogP contribution in [0.3, 0.4) is 0 Å². The summed E-state index contributed by atoms with van der Waals surface area (Å²) in [5.74, 6) is 2.12. The van der Waals surface area contributed by atoms with Crippen molar-refractivity contribution >= 4 is 16.9 Å². The number of nitrogens with zero attached hydrogens (tertiary/aromatic N) is 1. The quantitative estimate of drug-likeness (QED) is 0.782. The first-order valence-electron chi connectivity index (χ1n) is 6.25. The van der Waals surface area contributed by atoms with E-state index in [-0.39, 0.29) is 0 Å². The summed E-state index contributed by atoms with van der Waals surface area (Å²) in [6.07, 6.45) is 6.61. The molecule has 0 aromatic heterocycles. The zero-order valence-electron chi connectivity index (χ0n) is 9.83. The summed E-state index contributed by atoms with van der Waals surface area (Å²) in [6, 6.07) is 1.27. The van der Waals surface area contributed by atoms with Crippen molar-refractivity contribution in [2.45, 2.75) is 58.0 Å². The van der Waals surface area contributed by atoms with Gasteiger partial charge in [0.2, 0.25) is 0 Å². The van der Waals surface area contributed by atoms with Crippen LogP contribution in [0.4, 0.5) is 0 Å².